The second-order valence-electron chi connectivity index (χ2n) is 3.28. The molecule has 1 aromatic rings. The molecule has 0 heterocycles. The minimum atomic E-state index is 0.669. The Morgan fingerprint density at radius 1 is 1.33 bits per heavy atom. The summed E-state index contributed by atoms with van der Waals surface area (Å²) in [6, 6.07) is 8.37. The molecule has 0 aliphatic carbocycles. The van der Waals surface area contributed by atoms with E-state index in [1.165, 1.54) is 11.1 Å². The van der Waals surface area contributed by atoms with Crippen molar-refractivity contribution in [1.82, 2.24) is 5.32 Å². The second-order valence-corrected chi connectivity index (χ2v) is 3.28. The highest BCUT2D eigenvalue weighted by Crippen LogP contribution is 2.05. The van der Waals surface area contributed by atoms with Gasteiger partial charge in [0.05, 0.1) is 13.2 Å². The zero-order chi connectivity index (χ0) is 10.9. The third-order valence-corrected chi connectivity index (χ3v) is 2.02. The van der Waals surface area contributed by atoms with E-state index in [1.54, 1.807) is 7.11 Å². The lowest BCUT2D eigenvalue weighted by Gasteiger charge is -2.04. The van der Waals surface area contributed by atoms with E-state index in [0.29, 0.717) is 6.61 Å². The molecule has 0 aromatic heterocycles. The summed E-state index contributed by atoms with van der Waals surface area (Å²) >= 11 is 0. The van der Waals surface area contributed by atoms with Crippen LogP contribution < -0.4 is 5.32 Å². The molecule has 1 N–H and O–H groups in total. The Morgan fingerprint density at radius 2 is 2.13 bits per heavy atom. The van der Waals surface area contributed by atoms with Gasteiger partial charge in [0.25, 0.3) is 0 Å². The molecule has 80 valence electrons. The maximum atomic E-state index is 5.08. The van der Waals surface area contributed by atoms with Gasteiger partial charge in [0.15, 0.2) is 0 Å². The average Bonchev–Trinajstić information content (AvgIpc) is 2.26. The van der Waals surface area contributed by atoms with E-state index in [9.17, 15) is 0 Å². The number of rotatable bonds is 5. The van der Waals surface area contributed by atoms with E-state index in [4.69, 9.17) is 4.74 Å². The summed E-state index contributed by atoms with van der Waals surface area (Å²) in [6.45, 7) is 4.11. The van der Waals surface area contributed by atoms with Crippen LogP contribution in [0.1, 0.15) is 18.1 Å². The van der Waals surface area contributed by atoms with Crippen LogP contribution in [0.4, 0.5) is 0 Å². The van der Waals surface area contributed by atoms with Crippen LogP contribution in [0, 0.1) is 11.8 Å². The molecule has 2 heteroatoms. The molecule has 0 saturated heterocycles. The Hall–Kier alpha value is -1.30. The van der Waals surface area contributed by atoms with E-state index in [1.807, 2.05) is 6.92 Å². The van der Waals surface area contributed by atoms with E-state index in [2.05, 4.69) is 41.4 Å². The van der Waals surface area contributed by atoms with Crippen molar-refractivity contribution in [2.45, 2.75) is 20.1 Å². The third-order valence-electron chi connectivity index (χ3n) is 2.02. The smallest absolute Gasteiger partial charge is 0.0713 e. The normalized spacial score (nSPS) is 9.47. The van der Waals surface area contributed by atoms with Gasteiger partial charge in [-0.1, -0.05) is 30.2 Å². The molecule has 0 radical (unpaired) electrons. The SMILES string of the molecule is CC#CCNCc1cccc(COC)c1. The maximum Gasteiger partial charge on any atom is 0.0713 e. The predicted molar refractivity (Wildman–Crippen MR) is 62.3 cm³/mol. The van der Waals surface area contributed by atoms with Crippen LogP contribution in [0.3, 0.4) is 0 Å². The predicted octanol–water partition coefficient (Wildman–Crippen LogP) is 1.95. The quantitative estimate of drug-likeness (QED) is 0.583. The molecule has 0 saturated carbocycles. The molecular weight excluding hydrogens is 186 g/mol. The summed E-state index contributed by atoms with van der Waals surface area (Å²) < 4.78 is 5.08. The van der Waals surface area contributed by atoms with Gasteiger partial charge in [0.2, 0.25) is 0 Å². The van der Waals surface area contributed by atoms with Crippen LogP contribution in [0.15, 0.2) is 24.3 Å². The Morgan fingerprint density at radius 3 is 2.87 bits per heavy atom. The van der Waals surface area contributed by atoms with Crippen LogP contribution in [0.25, 0.3) is 0 Å². The third kappa shape index (κ3) is 4.64. The zero-order valence-corrected chi connectivity index (χ0v) is 9.34. The average molecular weight is 203 g/mol. The summed E-state index contributed by atoms with van der Waals surface area (Å²) in [4.78, 5) is 0. The minimum Gasteiger partial charge on any atom is -0.380 e. The van der Waals surface area contributed by atoms with E-state index in [-0.39, 0.29) is 0 Å². The van der Waals surface area contributed by atoms with Gasteiger partial charge in [-0.3, -0.25) is 0 Å². The van der Waals surface area contributed by atoms with Crippen LogP contribution in [-0.4, -0.2) is 13.7 Å². The highest BCUT2D eigenvalue weighted by molar-refractivity contribution is 5.23. The Labute approximate surface area is 91.6 Å². The minimum absolute atomic E-state index is 0.669. The highest BCUT2D eigenvalue weighted by Gasteiger charge is 1.94. The zero-order valence-electron chi connectivity index (χ0n) is 9.34. The summed E-state index contributed by atoms with van der Waals surface area (Å²) in [5, 5.41) is 3.26. The van der Waals surface area contributed by atoms with Crippen molar-refractivity contribution in [1.29, 1.82) is 0 Å². The first-order valence-corrected chi connectivity index (χ1v) is 5.04. The van der Waals surface area contributed by atoms with Gasteiger partial charge in [0.1, 0.15) is 0 Å². The van der Waals surface area contributed by atoms with Gasteiger partial charge < -0.3 is 10.1 Å². The molecule has 0 bridgehead atoms. The maximum absolute atomic E-state index is 5.08. The molecule has 0 unspecified atom stereocenters. The van der Waals surface area contributed by atoms with Crippen LogP contribution in [-0.2, 0) is 17.9 Å². The molecule has 0 aliphatic rings. The Bertz CT molecular complexity index is 349. The summed E-state index contributed by atoms with van der Waals surface area (Å²) in [5.74, 6) is 5.83. The monoisotopic (exact) mass is 203 g/mol. The van der Waals surface area contributed by atoms with Crippen LogP contribution >= 0.6 is 0 Å². The summed E-state index contributed by atoms with van der Waals surface area (Å²) in [7, 11) is 1.71. The molecule has 0 atom stereocenters. The topological polar surface area (TPSA) is 21.3 Å². The number of nitrogens with one attached hydrogen (secondary N) is 1. The fourth-order valence-corrected chi connectivity index (χ4v) is 1.35. The first-order valence-electron chi connectivity index (χ1n) is 5.04. The Kier molecular flexibility index (Phi) is 5.54. The van der Waals surface area contributed by atoms with E-state index in [0.717, 1.165) is 13.1 Å². The van der Waals surface area contributed by atoms with Gasteiger partial charge in [-0.2, -0.15) is 0 Å². The fraction of sp³-hybridized carbons (Fsp3) is 0.385. The van der Waals surface area contributed by atoms with Crippen molar-refractivity contribution in [3.8, 4) is 11.8 Å². The second kappa shape index (κ2) is 7.05. The lowest BCUT2D eigenvalue weighted by atomic mass is 10.1. The first kappa shape index (κ1) is 11.8. The largest absolute Gasteiger partial charge is 0.380 e. The van der Waals surface area contributed by atoms with Crippen molar-refractivity contribution in [3.05, 3.63) is 35.4 Å². The highest BCUT2D eigenvalue weighted by atomic mass is 16.5. The summed E-state index contributed by atoms with van der Waals surface area (Å²) in [6.07, 6.45) is 0. The van der Waals surface area contributed by atoms with Crippen molar-refractivity contribution in [2.24, 2.45) is 0 Å². The van der Waals surface area contributed by atoms with Gasteiger partial charge >= 0.3 is 0 Å². The lowest BCUT2D eigenvalue weighted by Crippen LogP contribution is -2.13. The van der Waals surface area contributed by atoms with Crippen molar-refractivity contribution >= 4 is 0 Å². The van der Waals surface area contributed by atoms with Crippen LogP contribution in [0.5, 0.6) is 0 Å². The van der Waals surface area contributed by atoms with Crippen molar-refractivity contribution in [2.75, 3.05) is 13.7 Å². The molecular formula is C13H17NO. The standard InChI is InChI=1S/C13H17NO/c1-3-4-8-14-10-12-6-5-7-13(9-12)11-15-2/h5-7,9,14H,8,10-11H2,1-2H3. The Balaban J connectivity index is 2.45. The molecule has 0 fully saturated rings. The number of ether oxygens (including phenoxy) is 1. The van der Waals surface area contributed by atoms with Gasteiger partial charge in [-0.15, -0.1) is 5.92 Å². The van der Waals surface area contributed by atoms with Gasteiger partial charge in [-0.05, 0) is 18.1 Å². The lowest BCUT2D eigenvalue weighted by molar-refractivity contribution is 0.185. The molecule has 0 amide bonds. The van der Waals surface area contributed by atoms with Crippen molar-refractivity contribution < 1.29 is 4.74 Å². The fourth-order valence-electron chi connectivity index (χ4n) is 1.35. The van der Waals surface area contributed by atoms with E-state index >= 15 is 0 Å². The number of benzene rings is 1. The molecule has 0 aliphatic heterocycles. The van der Waals surface area contributed by atoms with E-state index < -0.39 is 0 Å². The van der Waals surface area contributed by atoms with Gasteiger partial charge in [-0.25, -0.2) is 0 Å². The first-order chi connectivity index (χ1) is 7.36. The van der Waals surface area contributed by atoms with Crippen LogP contribution in [0.2, 0.25) is 0 Å². The molecule has 2 nitrogen and oxygen atoms in total. The molecule has 15 heavy (non-hydrogen) atoms. The number of methoxy groups -OCH3 is 1. The molecule has 1 aromatic carbocycles. The van der Waals surface area contributed by atoms with Crippen molar-refractivity contribution in [3.63, 3.8) is 0 Å². The number of hydrogen-bond donors (Lipinski definition) is 1. The molecule has 0 spiro atoms. The molecule has 1 rings (SSSR count). The van der Waals surface area contributed by atoms with Gasteiger partial charge in [0, 0.05) is 13.7 Å². The number of hydrogen-bond acceptors (Lipinski definition) is 2. The summed E-state index contributed by atoms with van der Waals surface area (Å²) in [5.41, 5.74) is 2.47.